The molecule has 0 radical (unpaired) electrons. The molecule has 4 rings (SSSR count). The minimum absolute atomic E-state index is 0.0214. The topological polar surface area (TPSA) is 73.5 Å². The number of nitrogens with zero attached hydrogens (tertiary/aromatic N) is 3. The first-order valence-electron chi connectivity index (χ1n) is 14.9. The number of ether oxygens (including phenoxy) is 1. The van der Waals surface area contributed by atoms with Crippen LogP contribution >= 0.6 is 0 Å². The number of aromatic amines is 1. The molecular weight excluding hydrogens is 517 g/mol. The van der Waals surface area contributed by atoms with Gasteiger partial charge in [0.15, 0.2) is 0 Å². The SMILES string of the molecule is CC(C)C1c2ccc(F)cc2CCC1(CCN(C)CCC(C)(C)c1nc2ccccc2[nH]1)OC(=O)NCCN(C)C. The van der Waals surface area contributed by atoms with Crippen LogP contribution in [0.15, 0.2) is 42.5 Å². The summed E-state index contributed by atoms with van der Waals surface area (Å²) in [6.07, 6.45) is 2.61. The molecule has 2 N–H and O–H groups in total. The van der Waals surface area contributed by atoms with E-state index in [4.69, 9.17) is 9.72 Å². The Balaban J connectivity index is 1.49. The molecule has 41 heavy (non-hydrogen) atoms. The van der Waals surface area contributed by atoms with E-state index in [0.29, 0.717) is 25.8 Å². The van der Waals surface area contributed by atoms with Gasteiger partial charge < -0.3 is 24.8 Å². The number of rotatable bonds is 12. The van der Waals surface area contributed by atoms with Crippen LogP contribution in [0.5, 0.6) is 0 Å². The Morgan fingerprint density at radius 3 is 2.63 bits per heavy atom. The maximum Gasteiger partial charge on any atom is 0.407 e. The molecule has 0 saturated heterocycles. The molecule has 0 fully saturated rings. The highest BCUT2D eigenvalue weighted by molar-refractivity contribution is 5.75. The summed E-state index contributed by atoms with van der Waals surface area (Å²) in [6.45, 7) is 11.7. The molecule has 1 aliphatic rings. The number of imidazole rings is 1. The van der Waals surface area contributed by atoms with Gasteiger partial charge in [0, 0.05) is 37.4 Å². The Labute approximate surface area is 244 Å². The third kappa shape index (κ3) is 7.46. The lowest BCUT2D eigenvalue weighted by Crippen LogP contribution is -2.50. The van der Waals surface area contributed by atoms with E-state index in [1.54, 1.807) is 6.07 Å². The van der Waals surface area contributed by atoms with Crippen LogP contribution in [0.1, 0.15) is 69.8 Å². The van der Waals surface area contributed by atoms with Crippen LogP contribution in [0.25, 0.3) is 11.0 Å². The van der Waals surface area contributed by atoms with E-state index in [1.165, 1.54) is 6.07 Å². The van der Waals surface area contributed by atoms with Crippen molar-refractivity contribution in [2.24, 2.45) is 5.92 Å². The zero-order valence-corrected chi connectivity index (χ0v) is 25.9. The second-order valence-corrected chi connectivity index (χ2v) is 13.0. The summed E-state index contributed by atoms with van der Waals surface area (Å²) in [7, 11) is 6.09. The molecule has 0 bridgehead atoms. The molecule has 3 aromatic rings. The Morgan fingerprint density at radius 1 is 1.17 bits per heavy atom. The average molecular weight is 566 g/mol. The second kappa shape index (κ2) is 12.9. The number of carbonyl (C=O) groups excluding carboxylic acids is 1. The normalized spacial score (nSPS) is 19.2. The molecule has 224 valence electrons. The van der Waals surface area contributed by atoms with E-state index in [1.807, 2.05) is 43.3 Å². The minimum atomic E-state index is -0.677. The smallest absolute Gasteiger partial charge is 0.407 e. The number of fused-ring (bicyclic) bond motifs is 2. The average Bonchev–Trinajstić information content (AvgIpc) is 3.36. The molecule has 1 amide bonds. The van der Waals surface area contributed by atoms with E-state index in [-0.39, 0.29) is 29.2 Å². The lowest BCUT2D eigenvalue weighted by atomic mass is 9.65. The molecule has 8 heteroatoms. The summed E-state index contributed by atoms with van der Waals surface area (Å²) >= 11 is 0. The lowest BCUT2D eigenvalue weighted by molar-refractivity contribution is -0.0444. The van der Waals surface area contributed by atoms with Gasteiger partial charge in [-0.2, -0.15) is 0 Å². The molecule has 1 heterocycles. The van der Waals surface area contributed by atoms with Crippen LogP contribution < -0.4 is 5.32 Å². The van der Waals surface area contributed by atoms with Gasteiger partial charge >= 0.3 is 6.09 Å². The Morgan fingerprint density at radius 2 is 1.93 bits per heavy atom. The largest absolute Gasteiger partial charge is 0.442 e. The molecule has 1 aliphatic carbocycles. The van der Waals surface area contributed by atoms with Gasteiger partial charge in [-0.25, -0.2) is 14.2 Å². The summed E-state index contributed by atoms with van der Waals surface area (Å²) in [5, 5.41) is 2.95. The quantitative estimate of drug-likeness (QED) is 0.278. The van der Waals surface area contributed by atoms with E-state index in [9.17, 15) is 9.18 Å². The number of carbonyl (C=O) groups is 1. The molecule has 0 spiro atoms. The number of para-hydroxylation sites is 2. The number of nitrogens with one attached hydrogen (secondary N) is 2. The molecule has 2 unspecified atom stereocenters. The molecule has 0 aliphatic heterocycles. The number of alkyl carbamates (subject to hydrolysis) is 1. The fraction of sp³-hybridized carbons (Fsp3) is 0.576. The third-order valence-electron chi connectivity index (χ3n) is 8.68. The first kappa shape index (κ1) is 31.0. The first-order valence-corrected chi connectivity index (χ1v) is 14.9. The van der Waals surface area contributed by atoms with Crippen molar-refractivity contribution in [2.75, 3.05) is 47.3 Å². The summed E-state index contributed by atoms with van der Waals surface area (Å²) in [5.74, 6) is 0.975. The number of halogens is 1. The fourth-order valence-corrected chi connectivity index (χ4v) is 6.25. The van der Waals surface area contributed by atoms with E-state index in [0.717, 1.165) is 54.0 Å². The molecule has 2 aromatic carbocycles. The van der Waals surface area contributed by atoms with Gasteiger partial charge in [-0.15, -0.1) is 0 Å². The first-order chi connectivity index (χ1) is 19.4. The third-order valence-corrected chi connectivity index (χ3v) is 8.68. The zero-order valence-electron chi connectivity index (χ0n) is 25.9. The number of aromatic nitrogens is 2. The van der Waals surface area contributed by atoms with Crippen molar-refractivity contribution < 1.29 is 13.9 Å². The predicted octanol–water partition coefficient (Wildman–Crippen LogP) is 6.10. The van der Waals surface area contributed by atoms with Crippen molar-refractivity contribution in [1.82, 2.24) is 25.1 Å². The van der Waals surface area contributed by atoms with E-state index in [2.05, 4.69) is 56.0 Å². The van der Waals surface area contributed by atoms with Crippen LogP contribution in [0.2, 0.25) is 0 Å². The Hall–Kier alpha value is -2.97. The monoisotopic (exact) mass is 565 g/mol. The number of amides is 1. The van der Waals surface area contributed by atoms with E-state index >= 15 is 0 Å². The van der Waals surface area contributed by atoms with E-state index < -0.39 is 5.60 Å². The summed E-state index contributed by atoms with van der Waals surface area (Å²) in [6, 6.07) is 13.2. The number of aryl methyl sites for hydroxylation is 1. The lowest BCUT2D eigenvalue weighted by Gasteiger charge is -2.47. The van der Waals surface area contributed by atoms with Crippen LogP contribution in [0.3, 0.4) is 0 Å². The van der Waals surface area contributed by atoms with Gasteiger partial charge in [-0.05, 0) is 88.3 Å². The summed E-state index contributed by atoms with van der Waals surface area (Å²) in [4.78, 5) is 25.8. The number of hydrogen-bond acceptors (Lipinski definition) is 5. The van der Waals surface area contributed by atoms with Gasteiger partial charge in [0.2, 0.25) is 0 Å². The zero-order chi connectivity index (χ0) is 29.8. The van der Waals surface area contributed by atoms with Crippen LogP contribution in [0, 0.1) is 11.7 Å². The highest BCUT2D eigenvalue weighted by atomic mass is 19.1. The number of H-pyrrole nitrogens is 1. The van der Waals surface area contributed by atoms with Crippen LogP contribution in [-0.2, 0) is 16.6 Å². The highest BCUT2D eigenvalue weighted by Crippen LogP contribution is 2.48. The summed E-state index contributed by atoms with van der Waals surface area (Å²) < 4.78 is 20.6. The minimum Gasteiger partial charge on any atom is -0.442 e. The number of benzene rings is 2. The number of hydrogen-bond donors (Lipinski definition) is 2. The van der Waals surface area contributed by atoms with Gasteiger partial charge in [0.1, 0.15) is 17.2 Å². The van der Waals surface area contributed by atoms with Crippen molar-refractivity contribution in [1.29, 1.82) is 0 Å². The van der Waals surface area contributed by atoms with Crippen molar-refractivity contribution in [3.05, 3.63) is 65.2 Å². The highest BCUT2D eigenvalue weighted by Gasteiger charge is 2.48. The molecule has 2 atom stereocenters. The maximum absolute atomic E-state index is 14.1. The molecule has 7 nitrogen and oxygen atoms in total. The summed E-state index contributed by atoms with van der Waals surface area (Å²) in [5.41, 5.74) is 3.37. The maximum atomic E-state index is 14.1. The van der Waals surface area contributed by atoms with Crippen LogP contribution in [0.4, 0.5) is 9.18 Å². The molecule has 0 saturated carbocycles. The van der Waals surface area contributed by atoms with Crippen LogP contribution in [-0.4, -0.2) is 78.8 Å². The fourth-order valence-electron chi connectivity index (χ4n) is 6.25. The molecule has 1 aromatic heterocycles. The standard InChI is InChI=1S/C33H48FN5O2/c1-23(2)29-26-13-12-25(34)22-24(26)14-15-33(29,41-31(40)35-18-21-38(5)6)17-20-39(7)19-16-32(3,4)30-36-27-10-8-9-11-28(27)37-30/h8-13,22-23,29H,14-21H2,1-7H3,(H,35,40)(H,36,37). The van der Waals surface area contributed by atoms with Crippen molar-refractivity contribution in [2.45, 2.75) is 70.3 Å². The molecular formula is C33H48FN5O2. The van der Waals surface area contributed by atoms with Crippen molar-refractivity contribution >= 4 is 17.1 Å². The van der Waals surface area contributed by atoms with Gasteiger partial charge in [0.25, 0.3) is 0 Å². The number of likely N-dealkylation sites (N-methyl/N-ethyl adjacent to an activating group) is 1. The predicted molar refractivity (Wildman–Crippen MR) is 164 cm³/mol. The second-order valence-electron chi connectivity index (χ2n) is 13.0. The van der Waals surface area contributed by atoms with Gasteiger partial charge in [-0.3, -0.25) is 0 Å². The Bertz CT molecular complexity index is 1290. The van der Waals surface area contributed by atoms with Gasteiger partial charge in [-0.1, -0.05) is 45.9 Å². The Kier molecular flexibility index (Phi) is 9.75. The van der Waals surface area contributed by atoms with Crippen molar-refractivity contribution in [3.63, 3.8) is 0 Å². The van der Waals surface area contributed by atoms with Crippen molar-refractivity contribution in [3.8, 4) is 0 Å². The van der Waals surface area contributed by atoms with Gasteiger partial charge in [0.05, 0.1) is 11.0 Å².